The molecule has 0 bridgehead atoms. The van der Waals surface area contributed by atoms with Crippen molar-refractivity contribution in [2.45, 2.75) is 20.0 Å². The maximum absolute atomic E-state index is 13.2. The van der Waals surface area contributed by atoms with Crippen molar-refractivity contribution in [2.24, 2.45) is 0 Å². The lowest BCUT2D eigenvalue weighted by Gasteiger charge is -2.26. The van der Waals surface area contributed by atoms with Crippen LogP contribution >= 0.6 is 0 Å². The molecule has 1 heterocycles. The van der Waals surface area contributed by atoms with Crippen LogP contribution in [0.5, 0.6) is 17.2 Å². The summed E-state index contributed by atoms with van der Waals surface area (Å²) in [6.07, 6.45) is -3.58. The number of nitrogens with one attached hydrogen (secondary N) is 1. The molecule has 1 aliphatic heterocycles. The third-order valence-electron chi connectivity index (χ3n) is 6.05. The van der Waals surface area contributed by atoms with Gasteiger partial charge in [-0.15, -0.1) is 0 Å². The molecule has 10 nitrogen and oxygen atoms in total. The van der Waals surface area contributed by atoms with Gasteiger partial charge in [-0.25, -0.2) is 9.69 Å². The average molecular weight is 555 g/mol. The number of nitro groups is 1. The number of methoxy groups -OCH3 is 1. The monoisotopic (exact) mass is 555 g/mol. The fourth-order valence-corrected chi connectivity index (χ4v) is 3.82. The summed E-state index contributed by atoms with van der Waals surface area (Å²) in [5.41, 5.74) is -0.187. The molecule has 4 amide bonds. The molecule has 1 N–H and O–H groups in total. The Morgan fingerprint density at radius 1 is 0.925 bits per heavy atom. The number of imide groups is 2. The van der Waals surface area contributed by atoms with E-state index >= 15 is 0 Å². The van der Waals surface area contributed by atoms with Crippen LogP contribution in [0.15, 0.2) is 60.2 Å². The van der Waals surface area contributed by atoms with Crippen molar-refractivity contribution >= 4 is 35.3 Å². The summed E-state index contributed by atoms with van der Waals surface area (Å²) in [4.78, 5) is 49.4. The number of carbonyl (C=O) groups excluding carboxylic acids is 3. The summed E-state index contributed by atoms with van der Waals surface area (Å²) in [5.74, 6) is -2.34. The number of barbiturate groups is 1. The Balaban J connectivity index is 1.67. The molecule has 0 saturated carbocycles. The Labute approximate surface area is 224 Å². The van der Waals surface area contributed by atoms with E-state index in [1.165, 1.54) is 31.4 Å². The highest BCUT2D eigenvalue weighted by molar-refractivity contribution is 6.39. The predicted molar refractivity (Wildman–Crippen MR) is 136 cm³/mol. The van der Waals surface area contributed by atoms with Crippen molar-refractivity contribution in [3.63, 3.8) is 0 Å². The molecule has 40 heavy (non-hydrogen) atoms. The molecule has 1 aliphatic rings. The second-order valence-electron chi connectivity index (χ2n) is 8.68. The van der Waals surface area contributed by atoms with Crippen molar-refractivity contribution in [3.05, 3.63) is 92.5 Å². The molecular weight excluding hydrogens is 535 g/mol. The Hall–Kier alpha value is -5.20. The number of carbonyl (C=O) groups is 3. The normalized spacial score (nSPS) is 14.8. The van der Waals surface area contributed by atoms with Gasteiger partial charge < -0.3 is 9.47 Å². The second kappa shape index (κ2) is 10.5. The zero-order valence-electron chi connectivity index (χ0n) is 21.2. The Bertz CT molecular complexity index is 1600. The summed E-state index contributed by atoms with van der Waals surface area (Å²) < 4.78 is 49.8. The number of anilines is 1. The number of nitrogens with zero attached hydrogens (tertiary/aromatic N) is 2. The molecule has 3 aromatic rings. The van der Waals surface area contributed by atoms with E-state index in [1.807, 2.05) is 13.8 Å². The van der Waals surface area contributed by atoms with Gasteiger partial charge in [-0.05, 0) is 73.0 Å². The summed E-state index contributed by atoms with van der Waals surface area (Å²) >= 11 is 0. The number of benzene rings is 3. The molecule has 1 saturated heterocycles. The maximum atomic E-state index is 13.2. The van der Waals surface area contributed by atoms with Crippen molar-refractivity contribution in [2.75, 3.05) is 12.0 Å². The molecule has 1 fully saturated rings. The number of aryl methyl sites for hydroxylation is 2. The van der Waals surface area contributed by atoms with Gasteiger partial charge in [0.1, 0.15) is 5.57 Å². The number of hydrogen-bond acceptors (Lipinski definition) is 7. The minimum absolute atomic E-state index is 0.00527. The van der Waals surface area contributed by atoms with Crippen molar-refractivity contribution in [1.82, 2.24) is 5.32 Å². The van der Waals surface area contributed by atoms with Gasteiger partial charge in [-0.1, -0.05) is 12.1 Å². The highest BCUT2D eigenvalue weighted by Gasteiger charge is 2.37. The fourth-order valence-electron chi connectivity index (χ4n) is 3.82. The third-order valence-corrected chi connectivity index (χ3v) is 6.05. The number of ether oxygens (including phenoxy) is 2. The van der Waals surface area contributed by atoms with E-state index in [-0.39, 0.29) is 28.3 Å². The van der Waals surface area contributed by atoms with E-state index in [0.717, 1.165) is 22.1 Å². The molecule has 0 spiro atoms. The molecule has 0 aromatic heterocycles. The van der Waals surface area contributed by atoms with Crippen LogP contribution in [0, 0.1) is 24.0 Å². The summed E-state index contributed by atoms with van der Waals surface area (Å²) in [7, 11) is 1.25. The van der Waals surface area contributed by atoms with Gasteiger partial charge in [0.25, 0.3) is 11.8 Å². The Morgan fingerprint density at radius 2 is 1.62 bits per heavy atom. The van der Waals surface area contributed by atoms with Crippen LogP contribution in [-0.4, -0.2) is 29.9 Å². The standard InChI is InChI=1S/C27H20F3N3O7/c1-14-4-7-18(10-15(14)2)32-25(35)19(24(34)31-26(32)36)11-16-5-8-22(23(12-16)39-3)40-21-9-6-17(27(28,29)30)13-20(21)33(37)38/h4-13H,1-3H3,(H,31,34,36)/b19-11+. The number of nitro benzene ring substituents is 1. The quantitative estimate of drug-likeness (QED) is 0.179. The van der Waals surface area contributed by atoms with Gasteiger partial charge in [-0.2, -0.15) is 13.2 Å². The van der Waals surface area contributed by atoms with E-state index in [2.05, 4.69) is 5.32 Å². The first kappa shape index (κ1) is 27.8. The molecule has 0 unspecified atom stereocenters. The molecule has 4 rings (SSSR count). The van der Waals surface area contributed by atoms with Crippen molar-refractivity contribution < 1.29 is 42.0 Å². The maximum Gasteiger partial charge on any atom is 0.416 e. The zero-order valence-corrected chi connectivity index (χ0v) is 21.2. The smallest absolute Gasteiger partial charge is 0.416 e. The predicted octanol–water partition coefficient (Wildman–Crippen LogP) is 5.70. The zero-order chi connectivity index (χ0) is 29.4. The minimum atomic E-state index is -4.79. The van der Waals surface area contributed by atoms with E-state index in [9.17, 15) is 37.7 Å². The molecule has 0 radical (unpaired) electrons. The lowest BCUT2D eigenvalue weighted by molar-refractivity contribution is -0.385. The average Bonchev–Trinajstić information content (AvgIpc) is 2.88. The van der Waals surface area contributed by atoms with E-state index < -0.39 is 45.9 Å². The van der Waals surface area contributed by atoms with Crippen molar-refractivity contribution in [3.8, 4) is 17.2 Å². The van der Waals surface area contributed by atoms with Crippen molar-refractivity contribution in [1.29, 1.82) is 0 Å². The second-order valence-corrected chi connectivity index (χ2v) is 8.68. The summed E-state index contributed by atoms with van der Waals surface area (Å²) in [6, 6.07) is 9.88. The molecule has 206 valence electrons. The number of amides is 4. The first-order valence-corrected chi connectivity index (χ1v) is 11.5. The number of halogens is 3. The van der Waals surface area contributed by atoms with Crippen LogP contribution in [0.3, 0.4) is 0 Å². The Kier molecular flexibility index (Phi) is 7.32. The largest absolute Gasteiger partial charge is 0.493 e. The highest BCUT2D eigenvalue weighted by Crippen LogP contribution is 2.40. The Morgan fingerprint density at radius 3 is 2.25 bits per heavy atom. The third kappa shape index (κ3) is 5.48. The summed E-state index contributed by atoms with van der Waals surface area (Å²) in [5, 5.41) is 13.5. The van der Waals surface area contributed by atoms with Gasteiger partial charge >= 0.3 is 17.9 Å². The highest BCUT2D eigenvalue weighted by atomic mass is 19.4. The first-order chi connectivity index (χ1) is 18.8. The number of hydrogen-bond donors (Lipinski definition) is 1. The van der Waals surface area contributed by atoms with Crippen LogP contribution in [0.25, 0.3) is 6.08 Å². The van der Waals surface area contributed by atoms with Gasteiger partial charge in [0.2, 0.25) is 5.75 Å². The van der Waals surface area contributed by atoms with E-state index in [4.69, 9.17) is 9.47 Å². The molecule has 13 heteroatoms. The summed E-state index contributed by atoms with van der Waals surface area (Å²) in [6.45, 7) is 3.67. The lowest BCUT2D eigenvalue weighted by atomic mass is 10.0. The SMILES string of the molecule is COc1cc(/C=C2\C(=O)NC(=O)N(c3ccc(C)c(C)c3)C2=O)ccc1Oc1ccc(C(F)(F)F)cc1[N+](=O)[O-]. The number of alkyl halides is 3. The topological polar surface area (TPSA) is 128 Å². The molecular formula is C27H20F3N3O7. The first-order valence-electron chi connectivity index (χ1n) is 11.5. The molecule has 0 aliphatic carbocycles. The van der Waals surface area contributed by atoms with Gasteiger partial charge in [0.15, 0.2) is 11.5 Å². The van der Waals surface area contributed by atoms with Gasteiger partial charge in [0.05, 0.1) is 23.3 Å². The number of urea groups is 1. The fraction of sp³-hybridized carbons (Fsp3) is 0.148. The van der Waals surface area contributed by atoms with Crippen LogP contribution < -0.4 is 19.7 Å². The van der Waals surface area contributed by atoms with Crippen LogP contribution in [0.1, 0.15) is 22.3 Å². The van der Waals surface area contributed by atoms with Gasteiger partial charge in [0, 0.05) is 6.07 Å². The van der Waals surface area contributed by atoms with E-state index in [1.54, 1.807) is 18.2 Å². The van der Waals surface area contributed by atoms with E-state index in [0.29, 0.717) is 12.1 Å². The van der Waals surface area contributed by atoms with Crippen LogP contribution in [0.4, 0.5) is 29.3 Å². The number of rotatable bonds is 6. The molecule has 0 atom stereocenters. The minimum Gasteiger partial charge on any atom is -0.493 e. The van der Waals surface area contributed by atoms with Crippen LogP contribution in [0.2, 0.25) is 0 Å². The lowest BCUT2D eigenvalue weighted by Crippen LogP contribution is -2.54. The molecule has 3 aromatic carbocycles. The van der Waals surface area contributed by atoms with Crippen LogP contribution in [-0.2, 0) is 15.8 Å². The van der Waals surface area contributed by atoms with Gasteiger partial charge in [-0.3, -0.25) is 25.0 Å².